The summed E-state index contributed by atoms with van der Waals surface area (Å²) in [6, 6.07) is 17.5. The number of carbonyl (C=O) groups is 4. The van der Waals surface area contributed by atoms with Crippen molar-refractivity contribution in [3.05, 3.63) is 106 Å². The van der Waals surface area contributed by atoms with Crippen molar-refractivity contribution in [2.45, 2.75) is 57.4 Å². The highest BCUT2D eigenvalue weighted by Gasteiger charge is 2.71. The van der Waals surface area contributed by atoms with E-state index in [4.69, 9.17) is 11.6 Å². The van der Waals surface area contributed by atoms with Crippen LogP contribution in [0.1, 0.15) is 56.2 Å². The van der Waals surface area contributed by atoms with Gasteiger partial charge >= 0.3 is 0 Å². The smallest absolute Gasteiger partial charge is 0.260 e. The van der Waals surface area contributed by atoms with Gasteiger partial charge in [-0.2, -0.15) is 5.01 Å². The van der Waals surface area contributed by atoms with Crippen molar-refractivity contribution in [1.29, 1.82) is 0 Å². The molecule has 0 radical (unpaired) electrons. The molecule has 6 atom stereocenters. The van der Waals surface area contributed by atoms with Crippen LogP contribution in [0, 0.1) is 36.4 Å². The third-order valence-electron chi connectivity index (χ3n) is 10.5. The van der Waals surface area contributed by atoms with Crippen molar-refractivity contribution in [1.82, 2.24) is 9.91 Å². The molecule has 2 N–H and O–H groups in total. The first-order valence-electron chi connectivity index (χ1n) is 15.8. The molecule has 4 aliphatic rings. The Labute approximate surface area is 277 Å². The first kappa shape index (κ1) is 31.1. The van der Waals surface area contributed by atoms with Crippen LogP contribution in [0.4, 0.5) is 10.1 Å². The zero-order chi connectivity index (χ0) is 33.6. The number of halogens is 2. The minimum Gasteiger partial charge on any atom is -0.507 e. The molecule has 2 saturated heterocycles. The topological polar surface area (TPSA) is 107 Å². The van der Waals surface area contributed by atoms with Crippen LogP contribution in [0.5, 0.6) is 5.75 Å². The third-order valence-corrected chi connectivity index (χ3v) is 10.8. The van der Waals surface area contributed by atoms with Crippen LogP contribution in [0.2, 0.25) is 5.02 Å². The number of para-hydroxylation sites is 1. The maximum atomic E-state index is 15.1. The number of aryl methyl sites for hydroxylation is 1. The predicted octanol–water partition coefficient (Wildman–Crippen LogP) is 6.28. The summed E-state index contributed by atoms with van der Waals surface area (Å²) in [7, 11) is 0. The lowest BCUT2D eigenvalue weighted by Crippen LogP contribution is -2.53. The van der Waals surface area contributed by atoms with E-state index in [-0.39, 0.29) is 30.4 Å². The number of hydrogen-bond donors (Lipinski definition) is 2. The molecular weight excluding hydrogens is 621 g/mol. The van der Waals surface area contributed by atoms with Crippen LogP contribution in [0.15, 0.2) is 78.4 Å². The molecule has 0 bridgehead atoms. The molecule has 2 aliphatic heterocycles. The number of phenols is 1. The summed E-state index contributed by atoms with van der Waals surface area (Å²) in [4.78, 5) is 59.0. The first-order valence-corrected chi connectivity index (χ1v) is 16.2. The minimum atomic E-state index is -1.55. The predicted molar refractivity (Wildman–Crippen MR) is 173 cm³/mol. The largest absolute Gasteiger partial charge is 0.507 e. The molecule has 7 rings (SSSR count). The van der Waals surface area contributed by atoms with Crippen LogP contribution < -0.4 is 5.43 Å². The fourth-order valence-corrected chi connectivity index (χ4v) is 8.70. The lowest BCUT2D eigenvalue weighted by atomic mass is 9.49. The molecule has 47 heavy (non-hydrogen) atoms. The standard InChI is InChI=1S/C37H35ClFN3O5/c1-19-6-5-7-26(31(19)43)30-24-16-17-25-29(34(46)41(32(25)44)36(2,3)4)27(24)18-28-33(45)42(40-23-14-12-22(39)13-15-23)35(47)37(28,30)20-8-10-21(38)11-9-20/h5-16,25,27-30,40,43H,17-18H2,1-4H3. The molecular formula is C37H35ClFN3O5. The van der Waals surface area contributed by atoms with E-state index in [1.54, 1.807) is 49.4 Å². The number of anilines is 1. The van der Waals surface area contributed by atoms with E-state index < -0.39 is 58.2 Å². The number of nitrogens with one attached hydrogen (secondary N) is 1. The van der Waals surface area contributed by atoms with E-state index in [9.17, 15) is 23.9 Å². The highest BCUT2D eigenvalue weighted by atomic mass is 35.5. The van der Waals surface area contributed by atoms with Gasteiger partial charge in [0, 0.05) is 22.0 Å². The van der Waals surface area contributed by atoms with Gasteiger partial charge in [0.1, 0.15) is 11.6 Å². The maximum Gasteiger partial charge on any atom is 0.260 e. The van der Waals surface area contributed by atoms with Crippen molar-refractivity contribution in [3.63, 3.8) is 0 Å². The molecule has 2 aliphatic carbocycles. The van der Waals surface area contributed by atoms with E-state index in [1.807, 2.05) is 26.8 Å². The summed E-state index contributed by atoms with van der Waals surface area (Å²) in [5, 5.41) is 13.1. The van der Waals surface area contributed by atoms with Gasteiger partial charge in [-0.1, -0.05) is 53.6 Å². The SMILES string of the molecule is Cc1cccc(C2C3=CCC4C(=O)N(C(C)(C)C)C(=O)C4C3CC3C(=O)N(Nc4ccc(F)cc4)C(=O)C32c2ccc(Cl)cc2)c1O. The Morgan fingerprint density at radius 3 is 2.26 bits per heavy atom. The Kier molecular flexibility index (Phi) is 7.13. The molecule has 2 heterocycles. The van der Waals surface area contributed by atoms with Crippen molar-refractivity contribution >= 4 is 40.9 Å². The molecule has 8 nitrogen and oxygen atoms in total. The van der Waals surface area contributed by atoms with Crippen LogP contribution in [-0.2, 0) is 24.6 Å². The number of amides is 4. The molecule has 3 fully saturated rings. The highest BCUT2D eigenvalue weighted by molar-refractivity contribution is 6.30. The van der Waals surface area contributed by atoms with Crippen molar-refractivity contribution < 1.29 is 28.7 Å². The number of carbonyl (C=O) groups excluding carboxylic acids is 4. The van der Waals surface area contributed by atoms with Crippen molar-refractivity contribution in [3.8, 4) is 5.75 Å². The van der Waals surface area contributed by atoms with Gasteiger partial charge in [0.25, 0.3) is 11.8 Å². The fourth-order valence-electron chi connectivity index (χ4n) is 8.58. The number of nitrogens with zero attached hydrogens (tertiary/aromatic N) is 2. The monoisotopic (exact) mass is 655 g/mol. The average molecular weight is 656 g/mol. The van der Waals surface area contributed by atoms with Gasteiger partial charge in [-0.25, -0.2) is 4.39 Å². The van der Waals surface area contributed by atoms with Gasteiger partial charge in [0.2, 0.25) is 11.8 Å². The number of phenolic OH excluding ortho intramolecular Hbond substituents is 1. The van der Waals surface area contributed by atoms with Crippen LogP contribution in [0.25, 0.3) is 0 Å². The Hall–Kier alpha value is -4.50. The third kappa shape index (κ3) is 4.46. The Bertz CT molecular complexity index is 1870. The summed E-state index contributed by atoms with van der Waals surface area (Å²) in [5.74, 6) is -5.77. The molecule has 4 amide bonds. The number of allylic oxidation sites excluding steroid dienone is 2. The fraction of sp³-hybridized carbons (Fsp3) is 0.351. The number of fused-ring (bicyclic) bond motifs is 4. The number of hydrogen-bond acceptors (Lipinski definition) is 6. The second-order valence-corrected chi connectivity index (χ2v) is 14.5. The second-order valence-electron chi connectivity index (χ2n) is 14.1. The molecule has 10 heteroatoms. The lowest BCUT2D eigenvalue weighted by molar-refractivity contribution is -0.146. The van der Waals surface area contributed by atoms with Crippen molar-refractivity contribution in [2.75, 3.05) is 5.43 Å². The number of rotatable bonds is 4. The zero-order valence-corrected chi connectivity index (χ0v) is 27.2. The van der Waals surface area contributed by atoms with Crippen LogP contribution in [-0.4, -0.2) is 44.2 Å². The Morgan fingerprint density at radius 1 is 0.915 bits per heavy atom. The second kappa shape index (κ2) is 10.8. The number of imide groups is 2. The summed E-state index contributed by atoms with van der Waals surface area (Å²) in [6.45, 7) is 7.24. The molecule has 0 spiro atoms. The summed E-state index contributed by atoms with van der Waals surface area (Å²) >= 11 is 6.33. The summed E-state index contributed by atoms with van der Waals surface area (Å²) < 4.78 is 13.8. The zero-order valence-electron chi connectivity index (χ0n) is 26.5. The van der Waals surface area contributed by atoms with Crippen molar-refractivity contribution in [2.24, 2.45) is 23.7 Å². The summed E-state index contributed by atoms with van der Waals surface area (Å²) in [5.41, 5.74) is 3.30. The number of hydrazine groups is 1. The lowest BCUT2D eigenvalue weighted by Gasteiger charge is -2.50. The van der Waals surface area contributed by atoms with Crippen LogP contribution >= 0.6 is 11.6 Å². The van der Waals surface area contributed by atoms with Gasteiger partial charge in [-0.15, -0.1) is 0 Å². The molecule has 3 aromatic carbocycles. The summed E-state index contributed by atoms with van der Waals surface area (Å²) in [6.07, 6.45) is 2.37. The molecule has 3 aromatic rings. The Morgan fingerprint density at radius 2 is 1.60 bits per heavy atom. The van der Waals surface area contributed by atoms with Gasteiger partial charge < -0.3 is 5.11 Å². The normalized spacial score (nSPS) is 28.6. The number of aromatic hydroxyl groups is 1. The van der Waals surface area contributed by atoms with E-state index in [0.29, 0.717) is 27.4 Å². The molecule has 0 aromatic heterocycles. The first-order chi connectivity index (χ1) is 22.3. The molecule has 242 valence electrons. The molecule has 6 unspecified atom stereocenters. The van der Waals surface area contributed by atoms with E-state index in [0.717, 1.165) is 10.6 Å². The van der Waals surface area contributed by atoms with Gasteiger partial charge in [-0.05, 0) is 94.0 Å². The average Bonchev–Trinajstić information content (AvgIpc) is 3.41. The van der Waals surface area contributed by atoms with E-state index >= 15 is 4.79 Å². The quantitative estimate of drug-likeness (QED) is 0.253. The van der Waals surface area contributed by atoms with Gasteiger partial charge in [0.15, 0.2) is 0 Å². The van der Waals surface area contributed by atoms with Gasteiger partial charge in [-0.3, -0.25) is 29.5 Å². The minimum absolute atomic E-state index is 0.0106. The number of likely N-dealkylation sites (tertiary alicyclic amines) is 1. The Balaban J connectivity index is 1.47. The highest BCUT2D eigenvalue weighted by Crippen LogP contribution is 2.65. The van der Waals surface area contributed by atoms with E-state index in [1.165, 1.54) is 29.2 Å². The maximum absolute atomic E-state index is 15.1. The van der Waals surface area contributed by atoms with Gasteiger partial charge in [0.05, 0.1) is 28.9 Å². The van der Waals surface area contributed by atoms with E-state index in [2.05, 4.69) is 5.43 Å². The molecule has 1 saturated carbocycles. The number of benzene rings is 3. The van der Waals surface area contributed by atoms with Crippen LogP contribution in [0.3, 0.4) is 0 Å².